The number of nitrogens with one attached hydrogen (secondary N) is 1. The molecule has 1 N–H and O–H groups in total. The summed E-state index contributed by atoms with van der Waals surface area (Å²) < 4.78 is 5.27. The van der Waals surface area contributed by atoms with E-state index < -0.39 is 46.2 Å². The van der Waals surface area contributed by atoms with Crippen molar-refractivity contribution < 1.29 is 70.8 Å². The third kappa shape index (κ3) is 3.56. The number of anilines is 1. The van der Waals surface area contributed by atoms with Gasteiger partial charge in [0.05, 0.1) is 11.7 Å². The Kier molecular flexibility index (Phi) is 6.17. The molecule has 2 aromatic rings. The van der Waals surface area contributed by atoms with E-state index in [1.807, 2.05) is 6.07 Å². The molecule has 8 nitrogen and oxygen atoms in total. The number of amides is 2. The van der Waals surface area contributed by atoms with E-state index >= 15 is 0 Å². The van der Waals surface area contributed by atoms with Gasteiger partial charge in [0.2, 0.25) is 10.9 Å². The summed E-state index contributed by atoms with van der Waals surface area (Å²) in [5.41, 5.74) is -2.49. The molecule has 2 atom stereocenters. The minimum Gasteiger partial charge on any atom is -0.868 e. The number of rotatable bonds is 5. The zero-order valence-electron chi connectivity index (χ0n) is 13.6. The maximum atomic E-state index is 12.0. The number of nitrogens with zero attached hydrogens (tertiary/aromatic N) is 1. The first-order valence-electron chi connectivity index (χ1n) is 7.22. The van der Waals surface area contributed by atoms with Gasteiger partial charge in [-0.3, -0.25) is 19.2 Å². The standard InChI is InChI=1S/C16H14N2O6.K/c1-8-11(16(23)18(8)12-13(20)15(22)14(12)21)17-10(19)7-24-9-5-3-2-4-6-9;/h2-6,8,11,20H,7H2,1H3,(H,17,19);/q;+1/p-1/t8-,11-;/m0./s1. The average Bonchev–Trinajstić information content (AvgIpc) is 2.62. The molecule has 0 unspecified atom stereocenters. The fourth-order valence-electron chi connectivity index (χ4n) is 2.58. The number of carbonyl (C=O) groups is 2. The molecular formula is C16H13KN2O6. The molecule has 1 aliphatic heterocycles. The molecule has 1 fully saturated rings. The zero-order chi connectivity index (χ0) is 17.4. The Labute approximate surface area is 184 Å². The van der Waals surface area contributed by atoms with Crippen LogP contribution in [-0.2, 0) is 9.59 Å². The Hall–Kier alpha value is -1.52. The Morgan fingerprint density at radius 2 is 1.84 bits per heavy atom. The average molecular weight is 368 g/mol. The largest absolute Gasteiger partial charge is 1.00 e. The first-order valence-corrected chi connectivity index (χ1v) is 7.22. The molecule has 1 saturated heterocycles. The van der Waals surface area contributed by atoms with E-state index in [9.17, 15) is 24.3 Å². The topological polar surface area (TPSA) is 116 Å². The number of hydrogen-bond acceptors (Lipinski definition) is 6. The number of para-hydroxylation sites is 1. The maximum absolute atomic E-state index is 12.0. The Morgan fingerprint density at radius 1 is 1.20 bits per heavy atom. The Bertz CT molecular complexity index is 875. The Balaban J connectivity index is 0.00000225. The first-order chi connectivity index (χ1) is 11.4. The summed E-state index contributed by atoms with van der Waals surface area (Å²) >= 11 is 0. The van der Waals surface area contributed by atoms with Gasteiger partial charge < -0.3 is 20.1 Å². The third-order valence-corrected chi connectivity index (χ3v) is 3.91. The van der Waals surface area contributed by atoms with Gasteiger partial charge in [-0.05, 0) is 24.8 Å². The van der Waals surface area contributed by atoms with Crippen LogP contribution >= 0.6 is 0 Å². The molecule has 2 aromatic carbocycles. The molecule has 1 heterocycles. The van der Waals surface area contributed by atoms with Gasteiger partial charge in [-0.2, -0.15) is 0 Å². The summed E-state index contributed by atoms with van der Waals surface area (Å²) in [4.78, 5) is 47.2. The molecule has 0 radical (unpaired) electrons. The minimum absolute atomic E-state index is 0. The monoisotopic (exact) mass is 368 g/mol. The van der Waals surface area contributed by atoms with Crippen LogP contribution in [0.25, 0.3) is 0 Å². The minimum atomic E-state index is -1.12. The zero-order valence-corrected chi connectivity index (χ0v) is 16.8. The summed E-state index contributed by atoms with van der Waals surface area (Å²) in [6.07, 6.45) is 0. The van der Waals surface area contributed by atoms with E-state index in [4.69, 9.17) is 4.74 Å². The van der Waals surface area contributed by atoms with E-state index in [1.54, 1.807) is 31.2 Å². The van der Waals surface area contributed by atoms with Gasteiger partial charge in [0.15, 0.2) is 6.61 Å². The summed E-state index contributed by atoms with van der Waals surface area (Å²) in [6, 6.07) is 7.25. The second-order valence-corrected chi connectivity index (χ2v) is 5.43. The van der Waals surface area contributed by atoms with Crippen molar-refractivity contribution >= 4 is 17.5 Å². The van der Waals surface area contributed by atoms with Crippen LogP contribution in [0, 0.1) is 0 Å². The van der Waals surface area contributed by atoms with Crippen LogP contribution in [0.2, 0.25) is 0 Å². The van der Waals surface area contributed by atoms with Crippen LogP contribution in [0.5, 0.6) is 11.5 Å². The first kappa shape index (κ1) is 19.8. The fraction of sp³-hybridized carbons (Fsp3) is 0.250. The molecule has 0 spiro atoms. The number of ether oxygens (including phenoxy) is 1. The summed E-state index contributed by atoms with van der Waals surface area (Å²) in [7, 11) is 0. The molecule has 0 bridgehead atoms. The van der Waals surface area contributed by atoms with Gasteiger partial charge in [0, 0.05) is 0 Å². The molecule has 124 valence electrons. The van der Waals surface area contributed by atoms with Crippen LogP contribution in [0.3, 0.4) is 0 Å². The molecule has 9 heteroatoms. The molecule has 0 aromatic heterocycles. The van der Waals surface area contributed by atoms with Crippen LogP contribution in [0.1, 0.15) is 6.92 Å². The van der Waals surface area contributed by atoms with Crippen molar-refractivity contribution in [1.29, 1.82) is 0 Å². The van der Waals surface area contributed by atoms with E-state index in [-0.39, 0.29) is 58.0 Å². The molecular weight excluding hydrogens is 355 g/mol. The van der Waals surface area contributed by atoms with Crippen LogP contribution in [-0.4, -0.2) is 30.5 Å². The van der Waals surface area contributed by atoms with Crippen LogP contribution in [0.15, 0.2) is 39.9 Å². The number of carbonyl (C=O) groups excluding carboxylic acids is 2. The summed E-state index contributed by atoms with van der Waals surface area (Å²) in [6.45, 7) is 1.30. The second-order valence-electron chi connectivity index (χ2n) is 5.43. The van der Waals surface area contributed by atoms with Crippen LogP contribution < -0.4 is 82.3 Å². The van der Waals surface area contributed by atoms with Crippen molar-refractivity contribution in [2.24, 2.45) is 0 Å². The normalized spacial score (nSPS) is 19.1. The van der Waals surface area contributed by atoms with Gasteiger partial charge >= 0.3 is 51.4 Å². The van der Waals surface area contributed by atoms with Crippen molar-refractivity contribution in [3.05, 3.63) is 50.8 Å². The Morgan fingerprint density at radius 3 is 2.40 bits per heavy atom. The quantitative estimate of drug-likeness (QED) is 0.324. The predicted octanol–water partition coefficient (Wildman–Crippen LogP) is -4.34. The smallest absolute Gasteiger partial charge is 0.868 e. The van der Waals surface area contributed by atoms with Crippen molar-refractivity contribution in [2.45, 2.75) is 19.0 Å². The molecule has 3 rings (SSSR count). The number of benzene rings is 1. The van der Waals surface area contributed by atoms with Crippen molar-refractivity contribution in [3.8, 4) is 11.5 Å². The van der Waals surface area contributed by atoms with Gasteiger partial charge in [-0.15, -0.1) is 0 Å². The SMILES string of the molecule is C[C@H]1[C@H](NC(=O)COc2ccccc2)C(=O)N1c1c([O-])c(=O)c1=O.[K+]. The van der Waals surface area contributed by atoms with E-state index in [0.29, 0.717) is 5.75 Å². The fourth-order valence-corrected chi connectivity index (χ4v) is 2.58. The van der Waals surface area contributed by atoms with E-state index in [1.165, 1.54) is 0 Å². The predicted molar refractivity (Wildman–Crippen MR) is 81.6 cm³/mol. The number of hydrogen-bond donors (Lipinski definition) is 1. The molecule has 0 aliphatic carbocycles. The van der Waals surface area contributed by atoms with Gasteiger partial charge in [-0.1, -0.05) is 18.2 Å². The van der Waals surface area contributed by atoms with Crippen molar-refractivity contribution in [1.82, 2.24) is 5.32 Å². The van der Waals surface area contributed by atoms with E-state index in [2.05, 4.69) is 5.32 Å². The van der Waals surface area contributed by atoms with E-state index in [0.717, 1.165) is 4.90 Å². The second kappa shape index (κ2) is 7.79. The van der Waals surface area contributed by atoms with Crippen molar-refractivity contribution in [2.75, 3.05) is 11.5 Å². The molecule has 25 heavy (non-hydrogen) atoms. The summed E-state index contributed by atoms with van der Waals surface area (Å²) in [5.74, 6) is -1.55. The van der Waals surface area contributed by atoms with Gasteiger partial charge in [0.25, 0.3) is 11.8 Å². The number of β-lactam (4-membered cyclic amide) rings is 1. The molecule has 2 amide bonds. The van der Waals surface area contributed by atoms with Crippen molar-refractivity contribution in [3.63, 3.8) is 0 Å². The summed E-state index contributed by atoms with van der Waals surface area (Å²) in [5, 5.41) is 13.9. The molecule has 0 saturated carbocycles. The van der Waals surface area contributed by atoms with Crippen LogP contribution in [0.4, 0.5) is 5.69 Å². The molecule has 1 aliphatic rings. The third-order valence-electron chi connectivity index (χ3n) is 3.91. The maximum Gasteiger partial charge on any atom is 1.00 e. The van der Waals surface area contributed by atoms with Gasteiger partial charge in [0.1, 0.15) is 11.8 Å². The van der Waals surface area contributed by atoms with Gasteiger partial charge in [-0.25, -0.2) is 0 Å².